The molecular weight excluding hydrogens is 308 g/mol. The van der Waals surface area contributed by atoms with Crippen molar-refractivity contribution in [2.75, 3.05) is 14.2 Å². The molecule has 0 radical (unpaired) electrons. The molecule has 3 aromatic carbocycles. The molecule has 0 bridgehead atoms. The molecule has 1 atom stereocenters. The standard InChI is InChI=1S/C23H24O2/c1-24-22-14-12-19(13-15-22)21(16-18-8-4-3-5-9-18)17-20-10-6-7-11-23(20)25-2/h3-15,21H,16-17H2,1-2H3/t21-/m1/s1. The Kier molecular flexibility index (Phi) is 5.73. The Balaban J connectivity index is 1.90. The third-order valence-corrected chi connectivity index (χ3v) is 4.57. The van der Waals surface area contributed by atoms with Crippen molar-refractivity contribution in [2.45, 2.75) is 18.8 Å². The van der Waals surface area contributed by atoms with Gasteiger partial charge in [-0.05, 0) is 53.6 Å². The van der Waals surface area contributed by atoms with Gasteiger partial charge in [0.2, 0.25) is 0 Å². The SMILES string of the molecule is COc1ccc([C@H](Cc2ccccc2)Cc2ccccc2OC)cc1. The zero-order chi connectivity index (χ0) is 17.5. The van der Waals surface area contributed by atoms with Crippen LogP contribution in [0.2, 0.25) is 0 Å². The van der Waals surface area contributed by atoms with Gasteiger partial charge < -0.3 is 9.47 Å². The molecule has 0 aliphatic rings. The zero-order valence-electron chi connectivity index (χ0n) is 14.8. The van der Waals surface area contributed by atoms with E-state index in [0.29, 0.717) is 5.92 Å². The van der Waals surface area contributed by atoms with Gasteiger partial charge in [0.05, 0.1) is 14.2 Å². The van der Waals surface area contributed by atoms with Crippen molar-refractivity contribution >= 4 is 0 Å². The van der Waals surface area contributed by atoms with Gasteiger partial charge in [-0.1, -0.05) is 60.7 Å². The normalized spacial score (nSPS) is 11.8. The number of methoxy groups -OCH3 is 2. The number of ether oxygens (including phenoxy) is 2. The second-order valence-electron chi connectivity index (χ2n) is 6.18. The fourth-order valence-electron chi connectivity index (χ4n) is 3.22. The highest BCUT2D eigenvalue weighted by Crippen LogP contribution is 2.30. The number of hydrogen-bond acceptors (Lipinski definition) is 2. The lowest BCUT2D eigenvalue weighted by Crippen LogP contribution is -2.08. The maximum atomic E-state index is 5.55. The molecule has 2 nitrogen and oxygen atoms in total. The first kappa shape index (κ1) is 17.1. The van der Waals surface area contributed by atoms with Crippen LogP contribution in [0, 0.1) is 0 Å². The van der Waals surface area contributed by atoms with Crippen LogP contribution in [0.15, 0.2) is 78.9 Å². The number of benzene rings is 3. The molecule has 0 amide bonds. The van der Waals surface area contributed by atoms with Crippen LogP contribution in [0.4, 0.5) is 0 Å². The summed E-state index contributed by atoms with van der Waals surface area (Å²) in [5.74, 6) is 2.22. The molecule has 0 unspecified atom stereocenters. The number of rotatable bonds is 7. The van der Waals surface area contributed by atoms with E-state index in [1.807, 2.05) is 24.3 Å². The Morgan fingerprint density at radius 2 is 1.36 bits per heavy atom. The predicted molar refractivity (Wildman–Crippen MR) is 103 cm³/mol. The van der Waals surface area contributed by atoms with Gasteiger partial charge in [-0.2, -0.15) is 0 Å². The lowest BCUT2D eigenvalue weighted by molar-refractivity contribution is 0.407. The highest BCUT2D eigenvalue weighted by molar-refractivity contribution is 5.37. The second kappa shape index (κ2) is 8.39. The summed E-state index contributed by atoms with van der Waals surface area (Å²) in [7, 11) is 3.43. The van der Waals surface area contributed by atoms with Crippen LogP contribution in [0.3, 0.4) is 0 Å². The Morgan fingerprint density at radius 3 is 2.04 bits per heavy atom. The topological polar surface area (TPSA) is 18.5 Å². The molecule has 3 aromatic rings. The maximum absolute atomic E-state index is 5.55. The quantitative estimate of drug-likeness (QED) is 0.586. The summed E-state index contributed by atoms with van der Waals surface area (Å²) in [5.41, 5.74) is 3.90. The molecule has 3 rings (SSSR count). The van der Waals surface area contributed by atoms with Gasteiger partial charge in [0.15, 0.2) is 0 Å². The van der Waals surface area contributed by atoms with Gasteiger partial charge >= 0.3 is 0 Å². The Morgan fingerprint density at radius 1 is 0.680 bits per heavy atom. The predicted octanol–water partition coefficient (Wildman–Crippen LogP) is 5.27. The Hall–Kier alpha value is -2.74. The van der Waals surface area contributed by atoms with Gasteiger partial charge in [0.1, 0.15) is 11.5 Å². The first-order valence-corrected chi connectivity index (χ1v) is 8.60. The summed E-state index contributed by atoms with van der Waals surface area (Å²) in [5, 5.41) is 0. The minimum Gasteiger partial charge on any atom is -0.497 e. The summed E-state index contributed by atoms with van der Waals surface area (Å²) < 4.78 is 10.9. The van der Waals surface area contributed by atoms with Crippen LogP contribution < -0.4 is 9.47 Å². The third-order valence-electron chi connectivity index (χ3n) is 4.57. The lowest BCUT2D eigenvalue weighted by Gasteiger charge is -2.20. The van der Waals surface area contributed by atoms with Crippen LogP contribution in [-0.4, -0.2) is 14.2 Å². The van der Waals surface area contributed by atoms with Crippen LogP contribution in [0.5, 0.6) is 11.5 Å². The average Bonchev–Trinajstić information content (AvgIpc) is 2.69. The summed E-state index contributed by atoms with van der Waals surface area (Å²) in [6.45, 7) is 0. The minimum absolute atomic E-state index is 0.379. The van der Waals surface area contributed by atoms with Crippen LogP contribution >= 0.6 is 0 Å². The van der Waals surface area contributed by atoms with Crippen LogP contribution in [0.1, 0.15) is 22.6 Å². The van der Waals surface area contributed by atoms with Crippen molar-refractivity contribution in [3.8, 4) is 11.5 Å². The molecule has 0 saturated carbocycles. The van der Waals surface area contributed by atoms with Crippen LogP contribution in [0.25, 0.3) is 0 Å². The van der Waals surface area contributed by atoms with E-state index in [1.54, 1.807) is 14.2 Å². The molecule has 0 fully saturated rings. The Bertz CT molecular complexity index is 779. The summed E-state index contributed by atoms with van der Waals surface area (Å²) in [6.07, 6.45) is 1.93. The second-order valence-corrected chi connectivity index (χ2v) is 6.18. The molecule has 0 aliphatic heterocycles. The molecule has 25 heavy (non-hydrogen) atoms. The van der Waals surface area contributed by atoms with Gasteiger partial charge in [-0.15, -0.1) is 0 Å². The third kappa shape index (κ3) is 4.42. The lowest BCUT2D eigenvalue weighted by atomic mass is 9.86. The molecule has 2 heteroatoms. The smallest absolute Gasteiger partial charge is 0.122 e. The van der Waals surface area contributed by atoms with Crippen molar-refractivity contribution in [1.82, 2.24) is 0 Å². The Labute approximate surface area is 150 Å². The van der Waals surface area contributed by atoms with E-state index >= 15 is 0 Å². The molecular formula is C23H24O2. The monoisotopic (exact) mass is 332 g/mol. The molecule has 0 spiro atoms. The molecule has 0 aliphatic carbocycles. The summed E-state index contributed by atoms with van der Waals surface area (Å²) in [4.78, 5) is 0. The van der Waals surface area contributed by atoms with E-state index in [2.05, 4.69) is 54.6 Å². The molecule has 0 aromatic heterocycles. The molecule has 128 valence electrons. The van der Waals surface area contributed by atoms with Crippen molar-refractivity contribution in [1.29, 1.82) is 0 Å². The first-order chi connectivity index (χ1) is 12.3. The van der Waals surface area contributed by atoms with Crippen molar-refractivity contribution in [2.24, 2.45) is 0 Å². The van der Waals surface area contributed by atoms with Gasteiger partial charge in [0.25, 0.3) is 0 Å². The highest BCUT2D eigenvalue weighted by Gasteiger charge is 2.16. The van der Waals surface area contributed by atoms with Crippen molar-refractivity contribution in [3.63, 3.8) is 0 Å². The van der Waals surface area contributed by atoms with Crippen LogP contribution in [-0.2, 0) is 12.8 Å². The molecule has 0 saturated heterocycles. The maximum Gasteiger partial charge on any atom is 0.122 e. The number of hydrogen-bond donors (Lipinski definition) is 0. The van der Waals surface area contributed by atoms with Crippen molar-refractivity contribution in [3.05, 3.63) is 95.6 Å². The van der Waals surface area contributed by atoms with E-state index in [4.69, 9.17) is 9.47 Å². The van der Waals surface area contributed by atoms with E-state index in [0.717, 1.165) is 24.3 Å². The zero-order valence-corrected chi connectivity index (χ0v) is 14.8. The summed E-state index contributed by atoms with van der Waals surface area (Å²) >= 11 is 0. The average molecular weight is 332 g/mol. The largest absolute Gasteiger partial charge is 0.497 e. The fraction of sp³-hybridized carbons (Fsp3) is 0.217. The van der Waals surface area contributed by atoms with E-state index in [9.17, 15) is 0 Å². The highest BCUT2D eigenvalue weighted by atomic mass is 16.5. The van der Waals surface area contributed by atoms with Crippen molar-refractivity contribution < 1.29 is 9.47 Å². The van der Waals surface area contributed by atoms with E-state index in [1.165, 1.54) is 16.7 Å². The van der Waals surface area contributed by atoms with Gasteiger partial charge in [-0.3, -0.25) is 0 Å². The summed E-state index contributed by atoms with van der Waals surface area (Å²) in [6, 6.07) is 27.3. The van der Waals surface area contributed by atoms with E-state index in [-0.39, 0.29) is 0 Å². The first-order valence-electron chi connectivity index (χ1n) is 8.60. The minimum atomic E-state index is 0.379. The molecule has 0 heterocycles. The fourth-order valence-corrected chi connectivity index (χ4v) is 3.22. The van der Waals surface area contributed by atoms with Gasteiger partial charge in [-0.25, -0.2) is 0 Å². The molecule has 0 N–H and O–H groups in total. The van der Waals surface area contributed by atoms with E-state index < -0.39 is 0 Å². The number of para-hydroxylation sites is 1. The van der Waals surface area contributed by atoms with Gasteiger partial charge in [0, 0.05) is 0 Å².